The molecule has 1 aromatic heterocycles. The van der Waals surface area contributed by atoms with Crippen molar-refractivity contribution in [3.8, 4) is 11.5 Å². The van der Waals surface area contributed by atoms with Gasteiger partial charge in [0, 0.05) is 24.6 Å². The van der Waals surface area contributed by atoms with Crippen LogP contribution in [-0.2, 0) is 13.0 Å². The van der Waals surface area contributed by atoms with Gasteiger partial charge >= 0.3 is 0 Å². The molecule has 0 radical (unpaired) electrons. The van der Waals surface area contributed by atoms with Crippen molar-refractivity contribution in [2.75, 3.05) is 6.79 Å². The number of hydrogen-bond donors (Lipinski definition) is 1. The summed E-state index contributed by atoms with van der Waals surface area (Å²) in [6.07, 6.45) is 5.10. The van der Waals surface area contributed by atoms with Gasteiger partial charge in [-0.1, -0.05) is 11.6 Å². The standard InChI is InChI=1S/C16H16ClNO3/c17-12-6-10(7-15-16(12)21-9-20-15)8-18-13-2-1-3-14-11(13)4-5-19-14/h4-7,13,18H,1-3,8-9H2. The van der Waals surface area contributed by atoms with Gasteiger partial charge in [0.15, 0.2) is 11.5 Å². The average molecular weight is 306 g/mol. The lowest BCUT2D eigenvalue weighted by Gasteiger charge is -2.23. The van der Waals surface area contributed by atoms with Gasteiger partial charge in [-0.3, -0.25) is 0 Å². The third-order valence-corrected chi connectivity index (χ3v) is 4.37. The number of aryl methyl sites for hydroxylation is 1. The Bertz CT molecular complexity index is 668. The minimum atomic E-state index is 0.243. The largest absolute Gasteiger partial charge is 0.469 e. The van der Waals surface area contributed by atoms with Crippen LogP contribution in [0.15, 0.2) is 28.9 Å². The fourth-order valence-electron chi connectivity index (χ4n) is 3.06. The van der Waals surface area contributed by atoms with Crippen LogP contribution in [0.25, 0.3) is 0 Å². The predicted octanol–water partition coefficient (Wildman–Crippen LogP) is 3.83. The maximum Gasteiger partial charge on any atom is 0.231 e. The van der Waals surface area contributed by atoms with Crippen LogP contribution < -0.4 is 14.8 Å². The number of halogens is 1. The van der Waals surface area contributed by atoms with Crippen molar-refractivity contribution in [2.45, 2.75) is 31.8 Å². The molecule has 0 bridgehead atoms. The van der Waals surface area contributed by atoms with Gasteiger partial charge in [-0.15, -0.1) is 0 Å². The van der Waals surface area contributed by atoms with Crippen LogP contribution in [0.5, 0.6) is 11.5 Å². The van der Waals surface area contributed by atoms with Crippen molar-refractivity contribution in [1.82, 2.24) is 5.32 Å². The van der Waals surface area contributed by atoms with E-state index in [9.17, 15) is 0 Å². The average Bonchev–Trinajstić information content (AvgIpc) is 3.13. The molecule has 2 aromatic rings. The maximum atomic E-state index is 6.21. The van der Waals surface area contributed by atoms with E-state index in [0.29, 0.717) is 16.8 Å². The van der Waals surface area contributed by atoms with E-state index >= 15 is 0 Å². The molecule has 1 N–H and O–H groups in total. The summed E-state index contributed by atoms with van der Waals surface area (Å²) in [4.78, 5) is 0. The van der Waals surface area contributed by atoms with E-state index in [0.717, 1.165) is 42.9 Å². The highest BCUT2D eigenvalue weighted by Crippen LogP contribution is 2.40. The molecular weight excluding hydrogens is 290 g/mol. The monoisotopic (exact) mass is 305 g/mol. The molecule has 0 fully saturated rings. The molecule has 2 heterocycles. The Balaban J connectivity index is 1.50. The van der Waals surface area contributed by atoms with Crippen molar-refractivity contribution in [3.63, 3.8) is 0 Å². The molecule has 1 aliphatic carbocycles. The number of furan rings is 1. The van der Waals surface area contributed by atoms with Gasteiger partial charge in [-0.2, -0.15) is 0 Å². The lowest BCUT2D eigenvalue weighted by Crippen LogP contribution is -2.24. The van der Waals surface area contributed by atoms with Crippen LogP contribution in [0.4, 0.5) is 0 Å². The zero-order valence-electron chi connectivity index (χ0n) is 11.5. The summed E-state index contributed by atoms with van der Waals surface area (Å²) in [6, 6.07) is 6.33. The molecule has 4 nitrogen and oxygen atoms in total. The summed E-state index contributed by atoms with van der Waals surface area (Å²) in [7, 11) is 0. The van der Waals surface area contributed by atoms with Crippen molar-refractivity contribution in [3.05, 3.63) is 46.4 Å². The highest BCUT2D eigenvalue weighted by molar-refractivity contribution is 6.32. The van der Waals surface area contributed by atoms with E-state index in [1.165, 1.54) is 5.56 Å². The molecular formula is C16H16ClNO3. The summed E-state index contributed by atoms with van der Waals surface area (Å²) in [6.45, 7) is 0.985. The van der Waals surface area contributed by atoms with E-state index in [2.05, 4.69) is 11.4 Å². The first-order valence-electron chi connectivity index (χ1n) is 7.19. The molecule has 4 rings (SSSR count). The molecule has 2 aliphatic rings. The lowest BCUT2D eigenvalue weighted by atomic mass is 9.93. The molecule has 0 spiro atoms. The van der Waals surface area contributed by atoms with Crippen LogP contribution in [0.2, 0.25) is 5.02 Å². The first-order chi connectivity index (χ1) is 10.3. The minimum Gasteiger partial charge on any atom is -0.469 e. The quantitative estimate of drug-likeness (QED) is 0.936. The third kappa shape index (κ3) is 2.39. The molecule has 0 saturated carbocycles. The van der Waals surface area contributed by atoms with Gasteiger partial charge in [0.05, 0.1) is 11.3 Å². The van der Waals surface area contributed by atoms with Crippen LogP contribution in [0, 0.1) is 0 Å². The topological polar surface area (TPSA) is 43.6 Å². The second kappa shape index (κ2) is 5.28. The number of rotatable bonds is 3. The van der Waals surface area contributed by atoms with Crippen molar-refractivity contribution in [1.29, 1.82) is 0 Å². The molecule has 0 saturated heterocycles. The number of nitrogens with one attached hydrogen (secondary N) is 1. The summed E-state index contributed by atoms with van der Waals surface area (Å²) >= 11 is 6.21. The Morgan fingerprint density at radius 3 is 3.19 bits per heavy atom. The second-order valence-corrected chi connectivity index (χ2v) is 5.84. The van der Waals surface area contributed by atoms with Crippen LogP contribution in [-0.4, -0.2) is 6.79 Å². The van der Waals surface area contributed by atoms with E-state index in [1.807, 2.05) is 12.1 Å². The van der Waals surface area contributed by atoms with E-state index in [-0.39, 0.29) is 6.79 Å². The number of hydrogen-bond acceptors (Lipinski definition) is 4. The SMILES string of the molecule is Clc1cc(CNC2CCCc3occc32)cc2c1OCO2. The molecule has 0 amide bonds. The Kier molecular flexibility index (Phi) is 3.28. The zero-order chi connectivity index (χ0) is 14.2. The molecule has 1 unspecified atom stereocenters. The van der Waals surface area contributed by atoms with Gasteiger partial charge in [-0.05, 0) is 36.6 Å². The normalized spacial score (nSPS) is 19.6. The van der Waals surface area contributed by atoms with Gasteiger partial charge in [0.25, 0.3) is 0 Å². The Labute approximate surface area is 128 Å². The smallest absolute Gasteiger partial charge is 0.231 e. The molecule has 21 heavy (non-hydrogen) atoms. The van der Waals surface area contributed by atoms with E-state index in [1.54, 1.807) is 6.26 Å². The van der Waals surface area contributed by atoms with Crippen molar-refractivity contribution in [2.24, 2.45) is 0 Å². The van der Waals surface area contributed by atoms with Gasteiger partial charge in [0.1, 0.15) is 5.76 Å². The highest BCUT2D eigenvalue weighted by Gasteiger charge is 2.23. The minimum absolute atomic E-state index is 0.243. The van der Waals surface area contributed by atoms with E-state index < -0.39 is 0 Å². The Morgan fingerprint density at radius 1 is 1.29 bits per heavy atom. The molecule has 110 valence electrons. The highest BCUT2D eigenvalue weighted by atomic mass is 35.5. The summed E-state index contributed by atoms with van der Waals surface area (Å²) in [5.74, 6) is 2.49. The van der Waals surface area contributed by atoms with E-state index in [4.69, 9.17) is 25.5 Å². The molecule has 5 heteroatoms. The number of benzene rings is 1. The summed E-state index contributed by atoms with van der Waals surface area (Å²) in [5, 5.41) is 4.19. The van der Waals surface area contributed by atoms with Crippen LogP contribution in [0.1, 0.15) is 35.8 Å². The predicted molar refractivity (Wildman–Crippen MR) is 78.8 cm³/mol. The number of ether oxygens (including phenoxy) is 2. The molecule has 1 aliphatic heterocycles. The summed E-state index contributed by atoms with van der Waals surface area (Å²) in [5.41, 5.74) is 2.38. The third-order valence-electron chi connectivity index (χ3n) is 4.09. The Hall–Kier alpha value is -1.65. The number of fused-ring (bicyclic) bond motifs is 2. The fraction of sp³-hybridized carbons (Fsp3) is 0.375. The van der Waals surface area contributed by atoms with Crippen LogP contribution >= 0.6 is 11.6 Å². The molecule has 1 atom stereocenters. The fourth-order valence-corrected chi connectivity index (χ4v) is 3.35. The summed E-state index contributed by atoms with van der Waals surface area (Å²) < 4.78 is 16.3. The molecule has 1 aromatic carbocycles. The van der Waals surface area contributed by atoms with Crippen LogP contribution in [0.3, 0.4) is 0 Å². The second-order valence-electron chi connectivity index (χ2n) is 5.44. The lowest BCUT2D eigenvalue weighted by molar-refractivity contribution is 0.174. The first-order valence-corrected chi connectivity index (χ1v) is 7.57. The van der Waals surface area contributed by atoms with Crippen molar-refractivity contribution < 1.29 is 13.9 Å². The van der Waals surface area contributed by atoms with Gasteiger partial charge in [-0.25, -0.2) is 0 Å². The Morgan fingerprint density at radius 2 is 2.24 bits per heavy atom. The van der Waals surface area contributed by atoms with Crippen molar-refractivity contribution >= 4 is 11.6 Å². The zero-order valence-corrected chi connectivity index (χ0v) is 12.3. The maximum absolute atomic E-state index is 6.21. The van der Waals surface area contributed by atoms with Gasteiger partial charge < -0.3 is 19.2 Å². The first kappa shape index (κ1) is 13.0. The van der Waals surface area contributed by atoms with Gasteiger partial charge in [0.2, 0.25) is 6.79 Å².